The van der Waals surface area contributed by atoms with Crippen LogP contribution >= 0.6 is 0 Å². The molecule has 0 spiro atoms. The Balaban J connectivity index is 1.39. The fourth-order valence-corrected chi connectivity index (χ4v) is 4.14. The monoisotopic (exact) mass is 420 g/mol. The predicted octanol–water partition coefficient (Wildman–Crippen LogP) is 4.00. The fraction of sp³-hybridized carbons (Fsp3) is 0.333. The molecule has 1 aliphatic heterocycles. The molecule has 7 heteroatoms. The Morgan fingerprint density at radius 1 is 1.16 bits per heavy atom. The Kier molecular flexibility index (Phi) is 6.23. The van der Waals surface area contributed by atoms with Gasteiger partial charge in [0.2, 0.25) is 0 Å². The van der Waals surface area contributed by atoms with Crippen LogP contribution in [0.3, 0.4) is 0 Å². The first-order valence-corrected chi connectivity index (χ1v) is 10.5. The topological polar surface area (TPSA) is 79.6 Å². The highest BCUT2D eigenvalue weighted by atomic mass is 16.5. The molecule has 3 aromatic rings. The predicted molar refractivity (Wildman–Crippen MR) is 120 cm³/mol. The number of ether oxygens (including phenoxy) is 1. The van der Waals surface area contributed by atoms with Gasteiger partial charge in [-0.15, -0.1) is 0 Å². The van der Waals surface area contributed by atoms with Crippen molar-refractivity contribution in [3.63, 3.8) is 0 Å². The maximum absolute atomic E-state index is 12.7. The average molecular weight is 421 g/mol. The summed E-state index contributed by atoms with van der Waals surface area (Å²) in [5.41, 5.74) is 2.48. The standard InChI is InChI=1S/C24H28N4O3/c1-17-6-3-4-8-20(17)24(30)26-22-10-13-25-28(22)19-11-14-27(15-12-19)16-18-7-5-9-21(31-2)23(18)29/h3-10,13,19,29H,11-12,14-16H2,1-2H3,(H,26,30). The van der Waals surface area contributed by atoms with Crippen LogP contribution in [-0.4, -0.2) is 45.9 Å². The van der Waals surface area contributed by atoms with Crippen LogP contribution in [-0.2, 0) is 6.54 Å². The molecule has 1 saturated heterocycles. The van der Waals surface area contributed by atoms with E-state index in [9.17, 15) is 9.90 Å². The number of hydrogen-bond donors (Lipinski definition) is 2. The van der Waals surface area contributed by atoms with Crippen LogP contribution in [0.15, 0.2) is 54.7 Å². The molecular formula is C24H28N4O3. The van der Waals surface area contributed by atoms with E-state index < -0.39 is 0 Å². The quantitative estimate of drug-likeness (QED) is 0.630. The van der Waals surface area contributed by atoms with Gasteiger partial charge in [-0.1, -0.05) is 30.3 Å². The van der Waals surface area contributed by atoms with Crippen LogP contribution in [0.1, 0.15) is 40.4 Å². The van der Waals surface area contributed by atoms with Crippen molar-refractivity contribution in [2.24, 2.45) is 0 Å². The van der Waals surface area contributed by atoms with Crippen molar-refractivity contribution < 1.29 is 14.6 Å². The zero-order valence-electron chi connectivity index (χ0n) is 17.9. The van der Waals surface area contributed by atoms with Gasteiger partial charge in [0.1, 0.15) is 5.82 Å². The van der Waals surface area contributed by atoms with Crippen molar-refractivity contribution in [3.8, 4) is 11.5 Å². The van der Waals surface area contributed by atoms with Gasteiger partial charge in [-0.2, -0.15) is 5.10 Å². The second kappa shape index (κ2) is 9.22. The summed E-state index contributed by atoms with van der Waals surface area (Å²) in [7, 11) is 1.56. The Labute approximate surface area is 182 Å². The molecule has 1 amide bonds. The zero-order chi connectivity index (χ0) is 21.8. The van der Waals surface area contributed by atoms with E-state index in [0.29, 0.717) is 17.9 Å². The first-order valence-electron chi connectivity index (χ1n) is 10.5. The third-order valence-electron chi connectivity index (χ3n) is 5.90. The number of amides is 1. The van der Waals surface area contributed by atoms with E-state index in [2.05, 4.69) is 15.3 Å². The van der Waals surface area contributed by atoms with E-state index in [1.165, 1.54) is 0 Å². The van der Waals surface area contributed by atoms with Crippen LogP contribution in [0.25, 0.3) is 0 Å². The number of carbonyl (C=O) groups excluding carboxylic acids is 1. The fourth-order valence-electron chi connectivity index (χ4n) is 4.14. The maximum Gasteiger partial charge on any atom is 0.257 e. The number of phenolic OH excluding ortho intramolecular Hbond substituents is 1. The number of methoxy groups -OCH3 is 1. The van der Waals surface area contributed by atoms with E-state index in [4.69, 9.17) is 4.74 Å². The molecule has 1 fully saturated rings. The minimum Gasteiger partial charge on any atom is -0.504 e. The van der Waals surface area contributed by atoms with Gasteiger partial charge < -0.3 is 15.2 Å². The summed E-state index contributed by atoms with van der Waals surface area (Å²) in [6.45, 7) is 4.37. The number of rotatable bonds is 6. The maximum atomic E-state index is 12.7. The van der Waals surface area contributed by atoms with Gasteiger partial charge in [0.25, 0.3) is 5.91 Å². The molecule has 0 bridgehead atoms. The number of nitrogens with zero attached hydrogens (tertiary/aromatic N) is 3. The molecule has 2 N–H and O–H groups in total. The first kappa shape index (κ1) is 20.9. The third kappa shape index (κ3) is 4.56. The Morgan fingerprint density at radius 3 is 2.68 bits per heavy atom. The summed E-state index contributed by atoms with van der Waals surface area (Å²) in [5, 5.41) is 17.8. The molecule has 1 aliphatic rings. The second-order valence-electron chi connectivity index (χ2n) is 7.91. The molecule has 31 heavy (non-hydrogen) atoms. The van der Waals surface area contributed by atoms with Crippen molar-refractivity contribution in [1.82, 2.24) is 14.7 Å². The van der Waals surface area contributed by atoms with Crippen molar-refractivity contribution in [3.05, 3.63) is 71.4 Å². The number of hydrogen-bond acceptors (Lipinski definition) is 5. The highest BCUT2D eigenvalue weighted by Gasteiger charge is 2.24. The molecule has 0 radical (unpaired) electrons. The highest BCUT2D eigenvalue weighted by molar-refractivity contribution is 6.04. The van der Waals surface area contributed by atoms with Gasteiger partial charge >= 0.3 is 0 Å². The molecule has 0 aliphatic carbocycles. The largest absolute Gasteiger partial charge is 0.504 e. The molecule has 2 heterocycles. The van der Waals surface area contributed by atoms with Gasteiger partial charge in [0.15, 0.2) is 11.5 Å². The molecule has 0 atom stereocenters. The summed E-state index contributed by atoms with van der Waals surface area (Å²) in [4.78, 5) is 15.0. The lowest BCUT2D eigenvalue weighted by Crippen LogP contribution is -2.35. The summed E-state index contributed by atoms with van der Waals surface area (Å²) in [6, 6.07) is 15.2. The molecular weight excluding hydrogens is 392 g/mol. The number of nitrogens with one attached hydrogen (secondary N) is 1. The summed E-state index contributed by atoms with van der Waals surface area (Å²) < 4.78 is 7.14. The molecule has 162 valence electrons. The van der Waals surface area contributed by atoms with Crippen molar-refractivity contribution >= 4 is 11.7 Å². The number of phenols is 1. The van der Waals surface area contributed by atoms with Gasteiger partial charge in [0, 0.05) is 36.8 Å². The smallest absolute Gasteiger partial charge is 0.257 e. The number of carbonyl (C=O) groups is 1. The number of anilines is 1. The lowest BCUT2D eigenvalue weighted by Gasteiger charge is -2.32. The lowest BCUT2D eigenvalue weighted by molar-refractivity contribution is 0.102. The molecule has 4 rings (SSSR count). The molecule has 0 saturated carbocycles. The number of likely N-dealkylation sites (tertiary alicyclic amines) is 1. The molecule has 7 nitrogen and oxygen atoms in total. The van der Waals surface area contributed by atoms with Crippen LogP contribution in [0.4, 0.5) is 5.82 Å². The Hall–Kier alpha value is -3.32. The lowest BCUT2D eigenvalue weighted by atomic mass is 10.0. The van der Waals surface area contributed by atoms with Gasteiger partial charge in [-0.3, -0.25) is 9.69 Å². The van der Waals surface area contributed by atoms with Crippen molar-refractivity contribution in [2.75, 3.05) is 25.5 Å². The van der Waals surface area contributed by atoms with Gasteiger partial charge in [0.05, 0.1) is 19.3 Å². The van der Waals surface area contributed by atoms with E-state index in [-0.39, 0.29) is 17.7 Å². The highest BCUT2D eigenvalue weighted by Crippen LogP contribution is 2.32. The SMILES string of the molecule is COc1cccc(CN2CCC(n3nccc3NC(=O)c3ccccc3C)CC2)c1O. The van der Waals surface area contributed by atoms with Gasteiger partial charge in [-0.25, -0.2) is 4.68 Å². The van der Waals surface area contributed by atoms with E-state index in [0.717, 1.165) is 42.9 Å². The van der Waals surface area contributed by atoms with E-state index >= 15 is 0 Å². The van der Waals surface area contributed by atoms with E-state index in [1.807, 2.05) is 54.1 Å². The summed E-state index contributed by atoms with van der Waals surface area (Å²) in [6.07, 6.45) is 3.56. The third-order valence-corrected chi connectivity index (χ3v) is 5.90. The average Bonchev–Trinajstić information content (AvgIpc) is 3.24. The number of aryl methyl sites for hydroxylation is 1. The first-order chi connectivity index (χ1) is 15.1. The van der Waals surface area contributed by atoms with Gasteiger partial charge in [-0.05, 0) is 37.5 Å². The number of aromatic hydroxyl groups is 1. The van der Waals surface area contributed by atoms with Crippen molar-refractivity contribution in [2.45, 2.75) is 32.4 Å². The van der Waals surface area contributed by atoms with Crippen molar-refractivity contribution in [1.29, 1.82) is 0 Å². The van der Waals surface area contributed by atoms with Crippen LogP contribution in [0, 0.1) is 6.92 Å². The minimum absolute atomic E-state index is 0.120. The number of benzene rings is 2. The van der Waals surface area contributed by atoms with Crippen LogP contribution in [0.5, 0.6) is 11.5 Å². The second-order valence-corrected chi connectivity index (χ2v) is 7.91. The number of piperidine rings is 1. The van der Waals surface area contributed by atoms with E-state index in [1.54, 1.807) is 19.4 Å². The zero-order valence-corrected chi connectivity index (χ0v) is 17.9. The number of aromatic nitrogens is 2. The number of para-hydroxylation sites is 1. The normalized spacial score (nSPS) is 15.0. The Bertz CT molecular complexity index is 1050. The van der Waals surface area contributed by atoms with Crippen LogP contribution in [0.2, 0.25) is 0 Å². The molecule has 1 aromatic heterocycles. The summed E-state index contributed by atoms with van der Waals surface area (Å²) in [5.74, 6) is 1.31. The van der Waals surface area contributed by atoms with Crippen LogP contribution < -0.4 is 10.1 Å². The summed E-state index contributed by atoms with van der Waals surface area (Å²) >= 11 is 0. The molecule has 0 unspecified atom stereocenters. The molecule has 2 aromatic carbocycles. The Morgan fingerprint density at radius 2 is 1.94 bits per heavy atom. The minimum atomic E-state index is -0.120.